The minimum atomic E-state index is 0.174. The van der Waals surface area contributed by atoms with Crippen LogP contribution in [0.3, 0.4) is 0 Å². The fraction of sp³-hybridized carbons (Fsp3) is 0.500. The van der Waals surface area contributed by atoms with Gasteiger partial charge in [-0.1, -0.05) is 6.08 Å². The maximum absolute atomic E-state index is 5.66. The molecule has 1 rings (SSSR count). The van der Waals surface area contributed by atoms with Gasteiger partial charge in [-0.25, -0.2) is 0 Å². The van der Waals surface area contributed by atoms with Gasteiger partial charge in [0.1, 0.15) is 0 Å². The molecule has 0 aliphatic rings. The van der Waals surface area contributed by atoms with E-state index >= 15 is 0 Å². The van der Waals surface area contributed by atoms with Crippen molar-refractivity contribution < 1.29 is 0 Å². The van der Waals surface area contributed by atoms with Crippen LogP contribution in [0.15, 0.2) is 25.0 Å². The summed E-state index contributed by atoms with van der Waals surface area (Å²) in [5.74, 6) is 0. The summed E-state index contributed by atoms with van der Waals surface area (Å²) in [6, 6.07) is 0.174. The molecule has 78 valence electrons. The summed E-state index contributed by atoms with van der Waals surface area (Å²) in [7, 11) is 0. The number of rotatable bonds is 6. The van der Waals surface area contributed by atoms with Crippen LogP contribution >= 0.6 is 0 Å². The summed E-state index contributed by atoms with van der Waals surface area (Å²) in [5, 5.41) is 7.48. The lowest BCUT2D eigenvalue weighted by molar-refractivity contribution is 0.575. The monoisotopic (exact) mass is 194 g/mol. The molecule has 0 amide bonds. The summed E-state index contributed by atoms with van der Waals surface area (Å²) >= 11 is 0. The van der Waals surface area contributed by atoms with E-state index in [0.29, 0.717) is 6.54 Å². The van der Waals surface area contributed by atoms with Gasteiger partial charge in [0.2, 0.25) is 0 Å². The van der Waals surface area contributed by atoms with Crippen molar-refractivity contribution in [2.24, 2.45) is 5.73 Å². The molecule has 0 bridgehead atoms. The number of nitrogens with zero attached hydrogens (tertiary/aromatic N) is 2. The zero-order chi connectivity index (χ0) is 10.4. The summed E-state index contributed by atoms with van der Waals surface area (Å²) in [6.45, 7) is 7.94. The second-order valence-electron chi connectivity index (χ2n) is 3.11. The molecular formula is C10H18N4. The molecule has 0 aliphatic carbocycles. The molecule has 0 saturated carbocycles. The second kappa shape index (κ2) is 5.57. The molecule has 4 heteroatoms. The van der Waals surface area contributed by atoms with Crippen molar-refractivity contribution in [2.45, 2.75) is 19.5 Å². The zero-order valence-corrected chi connectivity index (χ0v) is 8.61. The summed E-state index contributed by atoms with van der Waals surface area (Å²) in [6.07, 6.45) is 5.71. The van der Waals surface area contributed by atoms with Crippen molar-refractivity contribution in [3.63, 3.8) is 0 Å². The molecule has 0 aromatic carbocycles. The lowest BCUT2D eigenvalue weighted by Gasteiger charge is -2.13. The van der Waals surface area contributed by atoms with E-state index in [4.69, 9.17) is 5.73 Å². The zero-order valence-electron chi connectivity index (χ0n) is 8.61. The Labute approximate surface area is 84.8 Å². The van der Waals surface area contributed by atoms with Gasteiger partial charge in [-0.2, -0.15) is 5.10 Å². The van der Waals surface area contributed by atoms with Crippen molar-refractivity contribution in [1.82, 2.24) is 15.1 Å². The van der Waals surface area contributed by atoms with E-state index in [-0.39, 0.29) is 6.04 Å². The lowest BCUT2D eigenvalue weighted by Crippen LogP contribution is -2.27. The highest BCUT2D eigenvalue weighted by Gasteiger charge is 2.09. The molecule has 1 heterocycles. The van der Waals surface area contributed by atoms with E-state index in [1.54, 1.807) is 0 Å². The van der Waals surface area contributed by atoms with Crippen molar-refractivity contribution in [3.05, 3.63) is 30.6 Å². The number of nitrogens with one attached hydrogen (secondary N) is 1. The minimum absolute atomic E-state index is 0.174. The Kier molecular flexibility index (Phi) is 4.35. The highest BCUT2D eigenvalue weighted by Crippen LogP contribution is 2.09. The third kappa shape index (κ3) is 2.68. The average Bonchev–Trinajstić information content (AvgIpc) is 2.68. The fourth-order valence-electron chi connectivity index (χ4n) is 1.30. The topological polar surface area (TPSA) is 55.9 Å². The molecule has 0 spiro atoms. The fourth-order valence-corrected chi connectivity index (χ4v) is 1.30. The smallest absolute Gasteiger partial charge is 0.0538 e. The molecule has 1 aromatic heterocycles. The van der Waals surface area contributed by atoms with Crippen molar-refractivity contribution in [2.75, 3.05) is 13.1 Å². The van der Waals surface area contributed by atoms with Crippen LogP contribution < -0.4 is 11.1 Å². The Bertz CT molecular complexity index is 279. The first-order chi connectivity index (χ1) is 6.81. The van der Waals surface area contributed by atoms with Crippen LogP contribution in [-0.2, 0) is 6.54 Å². The number of hydrogen-bond acceptors (Lipinski definition) is 3. The average molecular weight is 194 g/mol. The SMILES string of the molecule is C=CCNC(CN)c1cnn(CC)c1. The van der Waals surface area contributed by atoms with Crippen molar-refractivity contribution >= 4 is 0 Å². The standard InChI is InChI=1S/C10H18N4/c1-3-5-12-10(6-11)9-7-13-14(4-2)8-9/h3,7-8,10,12H,1,4-6,11H2,2H3. The van der Waals surface area contributed by atoms with Gasteiger partial charge < -0.3 is 11.1 Å². The Balaban J connectivity index is 2.63. The molecule has 14 heavy (non-hydrogen) atoms. The van der Waals surface area contributed by atoms with E-state index in [0.717, 1.165) is 18.7 Å². The van der Waals surface area contributed by atoms with Gasteiger partial charge in [-0.05, 0) is 6.92 Å². The number of nitrogens with two attached hydrogens (primary N) is 1. The molecule has 0 fully saturated rings. The number of hydrogen-bond donors (Lipinski definition) is 2. The quantitative estimate of drug-likeness (QED) is 0.655. The van der Waals surface area contributed by atoms with Crippen LogP contribution in [0.1, 0.15) is 18.5 Å². The third-order valence-electron chi connectivity index (χ3n) is 2.12. The predicted molar refractivity (Wildman–Crippen MR) is 57.9 cm³/mol. The normalized spacial score (nSPS) is 12.7. The number of aryl methyl sites for hydroxylation is 1. The molecular weight excluding hydrogens is 176 g/mol. The molecule has 1 atom stereocenters. The van der Waals surface area contributed by atoms with E-state index in [1.165, 1.54) is 0 Å². The Morgan fingerprint density at radius 1 is 1.79 bits per heavy atom. The maximum Gasteiger partial charge on any atom is 0.0538 e. The van der Waals surface area contributed by atoms with Crippen LogP contribution in [0.25, 0.3) is 0 Å². The minimum Gasteiger partial charge on any atom is -0.329 e. The van der Waals surface area contributed by atoms with Gasteiger partial charge in [0.25, 0.3) is 0 Å². The molecule has 1 unspecified atom stereocenters. The molecule has 4 nitrogen and oxygen atoms in total. The highest BCUT2D eigenvalue weighted by atomic mass is 15.3. The van der Waals surface area contributed by atoms with E-state index in [9.17, 15) is 0 Å². The van der Waals surface area contributed by atoms with Crippen LogP contribution in [0, 0.1) is 0 Å². The van der Waals surface area contributed by atoms with E-state index in [2.05, 4.69) is 23.9 Å². The first kappa shape index (κ1) is 10.9. The Morgan fingerprint density at radius 2 is 2.57 bits per heavy atom. The summed E-state index contributed by atoms with van der Waals surface area (Å²) in [5.41, 5.74) is 6.80. The summed E-state index contributed by atoms with van der Waals surface area (Å²) in [4.78, 5) is 0. The highest BCUT2D eigenvalue weighted by molar-refractivity contribution is 5.11. The Hall–Kier alpha value is -1.13. The molecule has 0 aliphatic heterocycles. The second-order valence-corrected chi connectivity index (χ2v) is 3.11. The van der Waals surface area contributed by atoms with Crippen molar-refractivity contribution in [3.8, 4) is 0 Å². The van der Waals surface area contributed by atoms with Crippen LogP contribution in [0.2, 0.25) is 0 Å². The molecule has 1 aromatic rings. The van der Waals surface area contributed by atoms with E-state index in [1.807, 2.05) is 23.2 Å². The van der Waals surface area contributed by atoms with Gasteiger partial charge >= 0.3 is 0 Å². The van der Waals surface area contributed by atoms with Gasteiger partial charge in [-0.15, -0.1) is 6.58 Å². The van der Waals surface area contributed by atoms with Crippen molar-refractivity contribution in [1.29, 1.82) is 0 Å². The largest absolute Gasteiger partial charge is 0.329 e. The van der Waals surface area contributed by atoms with Crippen LogP contribution in [0.5, 0.6) is 0 Å². The van der Waals surface area contributed by atoms with Gasteiger partial charge in [-0.3, -0.25) is 4.68 Å². The third-order valence-corrected chi connectivity index (χ3v) is 2.12. The van der Waals surface area contributed by atoms with Crippen LogP contribution in [0.4, 0.5) is 0 Å². The summed E-state index contributed by atoms with van der Waals surface area (Å²) < 4.78 is 1.90. The number of aromatic nitrogens is 2. The van der Waals surface area contributed by atoms with E-state index < -0.39 is 0 Å². The first-order valence-corrected chi connectivity index (χ1v) is 4.88. The van der Waals surface area contributed by atoms with Gasteiger partial charge in [0.15, 0.2) is 0 Å². The molecule has 0 radical (unpaired) electrons. The predicted octanol–water partition coefficient (Wildman–Crippen LogP) is 0.678. The first-order valence-electron chi connectivity index (χ1n) is 4.88. The molecule has 0 saturated heterocycles. The maximum atomic E-state index is 5.66. The Morgan fingerprint density at radius 3 is 3.07 bits per heavy atom. The lowest BCUT2D eigenvalue weighted by atomic mass is 10.1. The molecule has 3 N–H and O–H groups in total. The van der Waals surface area contributed by atoms with Gasteiger partial charge in [0.05, 0.1) is 6.20 Å². The van der Waals surface area contributed by atoms with Crippen LogP contribution in [-0.4, -0.2) is 22.9 Å². The van der Waals surface area contributed by atoms with Gasteiger partial charge in [0, 0.05) is 37.4 Å².